The molecule has 0 saturated carbocycles. The first-order valence-corrected chi connectivity index (χ1v) is 8.72. The maximum absolute atomic E-state index is 12.5. The van der Waals surface area contributed by atoms with Crippen molar-refractivity contribution in [2.24, 2.45) is 0 Å². The molecule has 0 spiro atoms. The number of hydrogen-bond acceptors (Lipinski definition) is 3. The number of likely N-dealkylation sites (tertiary alicyclic amines) is 1. The third-order valence-electron chi connectivity index (χ3n) is 4.93. The number of hydrogen-bond donors (Lipinski definition) is 2. The van der Waals surface area contributed by atoms with Gasteiger partial charge in [-0.25, -0.2) is 0 Å². The van der Waals surface area contributed by atoms with Crippen LogP contribution >= 0.6 is 0 Å². The second-order valence-electron chi connectivity index (χ2n) is 6.73. The predicted molar refractivity (Wildman–Crippen MR) is 96.2 cm³/mol. The summed E-state index contributed by atoms with van der Waals surface area (Å²) in [4.78, 5) is 14.9. The lowest BCUT2D eigenvalue weighted by Gasteiger charge is -2.17. The van der Waals surface area contributed by atoms with Crippen LogP contribution in [0.1, 0.15) is 27.9 Å². The van der Waals surface area contributed by atoms with Crippen molar-refractivity contribution >= 4 is 11.6 Å². The number of nitrogens with zero attached hydrogens (tertiary/aromatic N) is 1. The highest BCUT2D eigenvalue weighted by Crippen LogP contribution is 2.23. The van der Waals surface area contributed by atoms with E-state index in [4.69, 9.17) is 0 Å². The monoisotopic (exact) mass is 321 g/mol. The van der Waals surface area contributed by atoms with Gasteiger partial charge in [0.2, 0.25) is 0 Å². The van der Waals surface area contributed by atoms with E-state index in [0.29, 0.717) is 0 Å². The number of nitrogens with one attached hydrogen (secondary N) is 2. The normalized spacial score (nSPS) is 19.8. The number of rotatable bonds is 4. The zero-order valence-electron chi connectivity index (χ0n) is 13.8. The van der Waals surface area contributed by atoms with Gasteiger partial charge in [-0.05, 0) is 42.2 Å². The molecular weight excluding hydrogens is 298 g/mol. The van der Waals surface area contributed by atoms with Gasteiger partial charge in [-0.2, -0.15) is 0 Å². The van der Waals surface area contributed by atoms with E-state index in [-0.39, 0.29) is 11.9 Å². The van der Waals surface area contributed by atoms with Crippen LogP contribution in [0.25, 0.3) is 0 Å². The lowest BCUT2D eigenvalue weighted by atomic mass is 10.1. The molecule has 2 heterocycles. The standard InChI is InChI=1S/C20H23N3O/c24-20(17-6-7-19-16(12-17)8-10-21-19)22-18-9-11-23(14-18)13-15-4-2-1-3-5-15/h1-7,12,18,21H,8-11,13-14H2,(H,22,24). The van der Waals surface area contributed by atoms with E-state index >= 15 is 0 Å². The largest absolute Gasteiger partial charge is 0.384 e. The van der Waals surface area contributed by atoms with Crippen LogP contribution in [0.3, 0.4) is 0 Å². The van der Waals surface area contributed by atoms with Gasteiger partial charge in [-0.15, -0.1) is 0 Å². The van der Waals surface area contributed by atoms with Crippen LogP contribution < -0.4 is 10.6 Å². The van der Waals surface area contributed by atoms with Crippen molar-refractivity contribution in [1.82, 2.24) is 10.2 Å². The Morgan fingerprint density at radius 3 is 2.96 bits per heavy atom. The summed E-state index contributed by atoms with van der Waals surface area (Å²) in [5, 5.41) is 6.53. The van der Waals surface area contributed by atoms with Crippen LogP contribution in [-0.2, 0) is 13.0 Å². The molecule has 2 aromatic rings. The number of anilines is 1. The van der Waals surface area contributed by atoms with E-state index in [1.807, 2.05) is 24.3 Å². The van der Waals surface area contributed by atoms with Gasteiger partial charge in [0.1, 0.15) is 0 Å². The third-order valence-corrected chi connectivity index (χ3v) is 4.93. The van der Waals surface area contributed by atoms with Crippen molar-refractivity contribution < 1.29 is 4.79 Å². The Labute approximate surface area is 142 Å². The van der Waals surface area contributed by atoms with Crippen LogP contribution in [0, 0.1) is 0 Å². The van der Waals surface area contributed by atoms with E-state index in [0.717, 1.165) is 44.6 Å². The summed E-state index contributed by atoms with van der Waals surface area (Å²) in [6.45, 7) is 3.89. The van der Waals surface area contributed by atoms with Gasteiger partial charge in [0, 0.05) is 43.5 Å². The second kappa shape index (κ2) is 6.65. The van der Waals surface area contributed by atoms with Crippen LogP contribution in [0.15, 0.2) is 48.5 Å². The van der Waals surface area contributed by atoms with Gasteiger partial charge in [0.05, 0.1) is 0 Å². The summed E-state index contributed by atoms with van der Waals surface area (Å²) in [6, 6.07) is 16.7. The van der Waals surface area contributed by atoms with Crippen LogP contribution in [0.4, 0.5) is 5.69 Å². The minimum Gasteiger partial charge on any atom is -0.384 e. The van der Waals surface area contributed by atoms with E-state index in [2.05, 4.69) is 39.8 Å². The first-order valence-electron chi connectivity index (χ1n) is 8.72. The topological polar surface area (TPSA) is 44.4 Å². The number of fused-ring (bicyclic) bond motifs is 1. The van der Waals surface area contributed by atoms with E-state index in [9.17, 15) is 4.79 Å². The van der Waals surface area contributed by atoms with Crippen molar-refractivity contribution in [3.63, 3.8) is 0 Å². The van der Waals surface area contributed by atoms with Gasteiger partial charge < -0.3 is 10.6 Å². The van der Waals surface area contributed by atoms with Crippen LogP contribution in [-0.4, -0.2) is 36.5 Å². The second-order valence-corrected chi connectivity index (χ2v) is 6.73. The predicted octanol–water partition coefficient (Wildman–Crippen LogP) is 2.66. The van der Waals surface area contributed by atoms with Crippen molar-refractivity contribution in [3.05, 3.63) is 65.2 Å². The van der Waals surface area contributed by atoms with Crippen LogP contribution in [0.5, 0.6) is 0 Å². The van der Waals surface area contributed by atoms with Crippen molar-refractivity contribution in [1.29, 1.82) is 0 Å². The Morgan fingerprint density at radius 2 is 2.08 bits per heavy atom. The first kappa shape index (κ1) is 15.2. The number of carbonyl (C=O) groups excluding carboxylic acids is 1. The quantitative estimate of drug-likeness (QED) is 0.910. The lowest BCUT2D eigenvalue weighted by molar-refractivity contribution is 0.0937. The number of carbonyl (C=O) groups is 1. The van der Waals surface area contributed by atoms with Crippen LogP contribution in [0.2, 0.25) is 0 Å². The molecule has 1 atom stereocenters. The SMILES string of the molecule is O=C(NC1CCN(Cc2ccccc2)C1)c1ccc2c(c1)CCN2. The molecule has 24 heavy (non-hydrogen) atoms. The Kier molecular flexibility index (Phi) is 4.22. The Morgan fingerprint density at radius 1 is 1.21 bits per heavy atom. The first-order chi connectivity index (χ1) is 11.8. The molecule has 2 aliphatic rings. The minimum absolute atomic E-state index is 0.0521. The van der Waals surface area contributed by atoms with Gasteiger partial charge in [-0.1, -0.05) is 30.3 Å². The van der Waals surface area contributed by atoms with Crippen molar-refractivity contribution in [3.8, 4) is 0 Å². The minimum atomic E-state index is 0.0521. The Hall–Kier alpha value is -2.33. The fraction of sp³-hybridized carbons (Fsp3) is 0.350. The fourth-order valence-corrected chi connectivity index (χ4v) is 3.65. The molecule has 1 fully saturated rings. The smallest absolute Gasteiger partial charge is 0.251 e. The highest BCUT2D eigenvalue weighted by atomic mass is 16.1. The molecule has 2 N–H and O–H groups in total. The summed E-state index contributed by atoms with van der Waals surface area (Å²) in [5.41, 5.74) is 4.52. The fourth-order valence-electron chi connectivity index (χ4n) is 3.65. The number of amides is 1. The maximum Gasteiger partial charge on any atom is 0.251 e. The van der Waals surface area contributed by atoms with Gasteiger partial charge in [-0.3, -0.25) is 9.69 Å². The number of benzene rings is 2. The molecule has 2 aliphatic heterocycles. The molecule has 0 aliphatic carbocycles. The summed E-state index contributed by atoms with van der Waals surface area (Å²) in [6.07, 6.45) is 2.02. The van der Waals surface area contributed by atoms with E-state index < -0.39 is 0 Å². The lowest BCUT2D eigenvalue weighted by Crippen LogP contribution is -2.37. The average Bonchev–Trinajstić information content (AvgIpc) is 3.24. The molecule has 4 heteroatoms. The molecule has 4 rings (SSSR count). The summed E-state index contributed by atoms with van der Waals surface area (Å²) >= 11 is 0. The highest BCUT2D eigenvalue weighted by molar-refractivity contribution is 5.95. The van der Waals surface area contributed by atoms with Gasteiger partial charge in [0.15, 0.2) is 0 Å². The average molecular weight is 321 g/mol. The molecule has 0 radical (unpaired) electrons. The molecule has 0 aromatic heterocycles. The molecule has 2 aromatic carbocycles. The zero-order valence-corrected chi connectivity index (χ0v) is 13.8. The highest BCUT2D eigenvalue weighted by Gasteiger charge is 2.24. The zero-order chi connectivity index (χ0) is 16.4. The van der Waals surface area contributed by atoms with Gasteiger partial charge in [0.25, 0.3) is 5.91 Å². The van der Waals surface area contributed by atoms with Gasteiger partial charge >= 0.3 is 0 Å². The Bertz CT molecular complexity index is 729. The van der Waals surface area contributed by atoms with Crippen molar-refractivity contribution in [2.75, 3.05) is 25.0 Å². The summed E-state index contributed by atoms with van der Waals surface area (Å²) in [5.74, 6) is 0.0521. The van der Waals surface area contributed by atoms with E-state index in [1.54, 1.807) is 0 Å². The molecule has 1 unspecified atom stereocenters. The molecule has 124 valence electrons. The molecule has 1 amide bonds. The molecule has 4 nitrogen and oxygen atoms in total. The summed E-state index contributed by atoms with van der Waals surface area (Å²) < 4.78 is 0. The summed E-state index contributed by atoms with van der Waals surface area (Å²) in [7, 11) is 0. The third kappa shape index (κ3) is 3.29. The Balaban J connectivity index is 1.34. The van der Waals surface area contributed by atoms with E-state index in [1.165, 1.54) is 16.8 Å². The molecule has 0 bridgehead atoms. The van der Waals surface area contributed by atoms with Crippen molar-refractivity contribution in [2.45, 2.75) is 25.4 Å². The molecular formula is C20H23N3O. The molecule has 1 saturated heterocycles. The maximum atomic E-state index is 12.5.